The Kier molecular flexibility index (Phi) is 5.38. The van der Waals surface area contributed by atoms with Gasteiger partial charge >= 0.3 is 5.97 Å². The third kappa shape index (κ3) is 4.09. The molecule has 5 rings (SSSR count). The van der Waals surface area contributed by atoms with Gasteiger partial charge in [0, 0.05) is 38.1 Å². The van der Waals surface area contributed by atoms with E-state index in [9.17, 15) is 9.18 Å². The van der Waals surface area contributed by atoms with Gasteiger partial charge < -0.3 is 9.15 Å². The van der Waals surface area contributed by atoms with Gasteiger partial charge in [-0.1, -0.05) is 13.0 Å². The highest BCUT2D eigenvalue weighted by Crippen LogP contribution is 2.51. The summed E-state index contributed by atoms with van der Waals surface area (Å²) in [5, 5.41) is 0.975. The number of benzene rings is 2. The van der Waals surface area contributed by atoms with Gasteiger partial charge in [-0.05, 0) is 79.8 Å². The molecule has 32 heavy (non-hydrogen) atoms. The molecule has 0 spiro atoms. The summed E-state index contributed by atoms with van der Waals surface area (Å²) in [4.78, 5) is 13.9. The molecular weight excluding hydrogens is 423 g/mol. The largest absolute Gasteiger partial charge is 0.469 e. The van der Waals surface area contributed by atoms with E-state index in [1.165, 1.54) is 30.9 Å². The first-order chi connectivity index (χ1) is 15.4. The van der Waals surface area contributed by atoms with E-state index in [0.29, 0.717) is 17.6 Å². The number of thiophene rings is 1. The Bertz CT molecular complexity index is 1300. The second-order valence-corrected chi connectivity index (χ2v) is 9.91. The molecule has 1 aliphatic carbocycles. The maximum atomic E-state index is 14.2. The van der Waals surface area contributed by atoms with Crippen LogP contribution in [-0.2, 0) is 21.4 Å². The zero-order valence-corrected chi connectivity index (χ0v) is 19.1. The normalized spacial score (nSPS) is 14.6. The number of rotatable bonds is 7. The molecule has 3 nitrogen and oxygen atoms in total. The van der Waals surface area contributed by atoms with Crippen molar-refractivity contribution in [2.24, 2.45) is 0 Å². The average molecular weight is 449 g/mol. The summed E-state index contributed by atoms with van der Waals surface area (Å²) in [5.74, 6) is 0.190. The van der Waals surface area contributed by atoms with Crippen LogP contribution in [0.1, 0.15) is 43.0 Å². The first-order valence-electron chi connectivity index (χ1n) is 11.0. The smallest absolute Gasteiger partial charge is 0.305 e. The van der Waals surface area contributed by atoms with E-state index in [0.717, 1.165) is 45.4 Å². The number of esters is 1. The van der Waals surface area contributed by atoms with E-state index in [4.69, 9.17) is 9.15 Å². The quantitative estimate of drug-likeness (QED) is 0.275. The highest BCUT2D eigenvalue weighted by atomic mass is 32.1. The second-order valence-electron chi connectivity index (χ2n) is 8.83. The van der Waals surface area contributed by atoms with Crippen LogP contribution in [0.15, 0.2) is 59.0 Å². The lowest BCUT2D eigenvalue weighted by Gasteiger charge is -2.07. The van der Waals surface area contributed by atoms with Crippen LogP contribution in [0, 0.1) is 5.82 Å². The van der Waals surface area contributed by atoms with E-state index in [1.54, 1.807) is 17.4 Å². The monoisotopic (exact) mass is 448 g/mol. The Morgan fingerprint density at radius 2 is 1.94 bits per heavy atom. The van der Waals surface area contributed by atoms with Crippen molar-refractivity contribution in [3.8, 4) is 21.8 Å². The van der Waals surface area contributed by atoms with Crippen molar-refractivity contribution in [2.75, 3.05) is 7.11 Å². The van der Waals surface area contributed by atoms with Gasteiger partial charge in [-0.2, -0.15) is 0 Å². The minimum absolute atomic E-state index is 0.192. The molecule has 0 unspecified atom stereocenters. The molecule has 1 saturated carbocycles. The predicted molar refractivity (Wildman–Crippen MR) is 126 cm³/mol. The predicted octanol–water partition coefficient (Wildman–Crippen LogP) is 7.51. The molecule has 0 N–H and O–H groups in total. The topological polar surface area (TPSA) is 39.4 Å². The number of carbonyl (C=O) groups is 1. The molecule has 2 heterocycles. The van der Waals surface area contributed by atoms with Gasteiger partial charge in [0.25, 0.3) is 0 Å². The highest BCUT2D eigenvalue weighted by Gasteiger charge is 2.40. The van der Waals surface area contributed by atoms with Crippen molar-refractivity contribution >= 4 is 28.3 Å². The third-order valence-electron chi connectivity index (χ3n) is 6.37. The number of fused-ring (bicyclic) bond motifs is 1. The van der Waals surface area contributed by atoms with E-state index in [1.807, 2.05) is 24.3 Å². The van der Waals surface area contributed by atoms with Crippen molar-refractivity contribution in [1.82, 2.24) is 0 Å². The number of hydrogen-bond acceptors (Lipinski definition) is 4. The number of carbonyl (C=O) groups excluding carboxylic acids is 1. The van der Waals surface area contributed by atoms with Crippen LogP contribution < -0.4 is 0 Å². The summed E-state index contributed by atoms with van der Waals surface area (Å²) >= 11 is 1.79. The van der Waals surface area contributed by atoms with Crippen molar-refractivity contribution in [3.63, 3.8) is 0 Å². The zero-order valence-electron chi connectivity index (χ0n) is 18.2. The fraction of sp³-hybridized carbons (Fsp3) is 0.296. The summed E-state index contributed by atoms with van der Waals surface area (Å²) in [6.07, 6.45) is 4.38. The molecule has 0 amide bonds. The van der Waals surface area contributed by atoms with Crippen molar-refractivity contribution in [1.29, 1.82) is 0 Å². The zero-order chi connectivity index (χ0) is 22.3. The lowest BCUT2D eigenvalue weighted by atomic mass is 10.0. The highest BCUT2D eigenvalue weighted by molar-refractivity contribution is 7.15. The molecule has 5 heteroatoms. The Labute approximate surface area is 190 Å². The molecule has 0 aliphatic heterocycles. The van der Waals surface area contributed by atoms with Gasteiger partial charge in [-0.3, -0.25) is 4.79 Å². The first kappa shape index (κ1) is 21.0. The molecule has 0 bridgehead atoms. The number of aryl methyl sites for hydroxylation is 1. The molecule has 4 aromatic rings. The molecule has 2 aromatic carbocycles. The minimum atomic E-state index is -0.279. The van der Waals surface area contributed by atoms with Crippen LogP contribution in [0.5, 0.6) is 0 Å². The van der Waals surface area contributed by atoms with Crippen LogP contribution in [0.3, 0.4) is 0 Å². The Morgan fingerprint density at radius 3 is 2.72 bits per heavy atom. The molecule has 164 valence electrons. The molecular formula is C27H25FO3S. The maximum absolute atomic E-state index is 14.2. The molecule has 0 radical (unpaired) electrons. The summed E-state index contributed by atoms with van der Waals surface area (Å²) in [5.41, 5.74) is 3.97. The van der Waals surface area contributed by atoms with Gasteiger partial charge in [-0.15, -0.1) is 11.3 Å². The number of furan rings is 1. The molecule has 1 fully saturated rings. The van der Waals surface area contributed by atoms with Gasteiger partial charge in [0.1, 0.15) is 17.2 Å². The van der Waals surface area contributed by atoms with E-state index >= 15 is 0 Å². The Morgan fingerprint density at radius 1 is 1.09 bits per heavy atom. The SMILES string of the molecule is COC(=O)CCCc1ccc2oc(-c3cc(F)ccc3-c3ccc(C4(C)CC4)s3)cc2c1. The first-order valence-corrected chi connectivity index (χ1v) is 11.8. The van der Waals surface area contributed by atoms with Crippen molar-refractivity contribution < 1.29 is 18.3 Å². The summed E-state index contributed by atoms with van der Waals surface area (Å²) in [6, 6.07) is 17.3. The summed E-state index contributed by atoms with van der Waals surface area (Å²) in [6.45, 7) is 2.30. The van der Waals surface area contributed by atoms with Crippen LogP contribution in [0.4, 0.5) is 4.39 Å². The Balaban J connectivity index is 1.46. The standard InChI is InChI=1S/C27H25FO3S/c1-27(12-13-27)25-11-10-24(32-25)20-8-7-19(28)16-21(20)23-15-18-14-17(6-9-22(18)31-23)4-3-5-26(29)30-2/h6-11,14-16H,3-5,12-13H2,1-2H3. The molecule has 2 aromatic heterocycles. The molecule has 0 atom stereocenters. The van der Waals surface area contributed by atoms with Crippen LogP contribution in [0.2, 0.25) is 0 Å². The van der Waals surface area contributed by atoms with Crippen molar-refractivity contribution in [2.45, 2.75) is 44.4 Å². The molecule has 0 saturated heterocycles. The van der Waals surface area contributed by atoms with Crippen LogP contribution in [0.25, 0.3) is 32.7 Å². The third-order valence-corrected chi connectivity index (χ3v) is 7.79. The van der Waals surface area contributed by atoms with Gasteiger partial charge in [0.05, 0.1) is 7.11 Å². The molecule has 1 aliphatic rings. The lowest BCUT2D eigenvalue weighted by molar-refractivity contribution is -0.140. The number of ether oxygens (including phenoxy) is 1. The van der Waals surface area contributed by atoms with Crippen molar-refractivity contribution in [3.05, 3.63) is 70.9 Å². The second kappa shape index (κ2) is 8.21. The fourth-order valence-corrected chi connectivity index (χ4v) is 5.34. The maximum Gasteiger partial charge on any atom is 0.305 e. The van der Waals surface area contributed by atoms with Gasteiger partial charge in [0.15, 0.2) is 0 Å². The van der Waals surface area contributed by atoms with Gasteiger partial charge in [0.2, 0.25) is 0 Å². The summed E-state index contributed by atoms with van der Waals surface area (Å²) < 4.78 is 25.1. The van der Waals surface area contributed by atoms with E-state index in [2.05, 4.69) is 25.1 Å². The average Bonchev–Trinajstić information content (AvgIpc) is 3.19. The lowest BCUT2D eigenvalue weighted by Crippen LogP contribution is -2.00. The van der Waals surface area contributed by atoms with E-state index < -0.39 is 0 Å². The van der Waals surface area contributed by atoms with Crippen LogP contribution >= 0.6 is 11.3 Å². The fourth-order valence-electron chi connectivity index (χ4n) is 4.10. The number of halogens is 1. The number of hydrogen-bond donors (Lipinski definition) is 0. The Hall–Kier alpha value is -2.92. The van der Waals surface area contributed by atoms with Gasteiger partial charge in [-0.25, -0.2) is 4.39 Å². The summed E-state index contributed by atoms with van der Waals surface area (Å²) in [7, 11) is 1.41. The minimum Gasteiger partial charge on any atom is -0.469 e. The van der Waals surface area contributed by atoms with Crippen LogP contribution in [-0.4, -0.2) is 13.1 Å². The number of methoxy groups -OCH3 is 1. The van der Waals surface area contributed by atoms with E-state index in [-0.39, 0.29) is 11.8 Å².